The maximum atomic E-state index is 13.2. The molecule has 1 heterocycles. The van der Waals surface area contributed by atoms with Gasteiger partial charge in [-0.3, -0.25) is 0 Å². The summed E-state index contributed by atoms with van der Waals surface area (Å²) < 4.78 is 19.3. The molecular formula is C15H22FNO. The standard InChI is InChI=1S/C15H22FNO/c1-10(2)6-7-15(3)9-13(17)12-8-11(16)4-5-14(12)18-15/h4-5,8,10,13H,6-7,9,17H2,1-3H3/t13-,15?/m1/s1. The van der Waals surface area contributed by atoms with Crippen LogP contribution in [0.4, 0.5) is 4.39 Å². The van der Waals surface area contributed by atoms with E-state index in [-0.39, 0.29) is 17.5 Å². The van der Waals surface area contributed by atoms with Crippen LogP contribution in [-0.2, 0) is 0 Å². The van der Waals surface area contributed by atoms with Crippen LogP contribution in [0.2, 0.25) is 0 Å². The highest BCUT2D eigenvalue weighted by atomic mass is 19.1. The minimum Gasteiger partial charge on any atom is -0.487 e. The normalized spacial score (nSPS) is 26.9. The molecule has 0 amide bonds. The van der Waals surface area contributed by atoms with Crippen LogP contribution in [0, 0.1) is 11.7 Å². The second kappa shape index (κ2) is 4.88. The lowest BCUT2D eigenvalue weighted by atomic mass is 9.84. The van der Waals surface area contributed by atoms with Crippen LogP contribution in [0.25, 0.3) is 0 Å². The SMILES string of the molecule is CC(C)CCC1(C)C[C@@H](N)c2cc(F)ccc2O1. The van der Waals surface area contributed by atoms with Crippen LogP contribution in [0.5, 0.6) is 5.75 Å². The molecular weight excluding hydrogens is 229 g/mol. The molecule has 3 heteroatoms. The minimum atomic E-state index is -0.251. The molecule has 1 aliphatic rings. The summed E-state index contributed by atoms with van der Waals surface area (Å²) in [5.41, 5.74) is 6.71. The molecule has 0 saturated heterocycles. The molecule has 1 aliphatic heterocycles. The molecule has 0 aromatic heterocycles. The number of fused-ring (bicyclic) bond motifs is 1. The fourth-order valence-corrected chi connectivity index (χ4v) is 2.53. The van der Waals surface area contributed by atoms with Gasteiger partial charge >= 0.3 is 0 Å². The average molecular weight is 251 g/mol. The first-order valence-corrected chi connectivity index (χ1v) is 6.64. The highest BCUT2D eigenvalue weighted by Crippen LogP contribution is 2.41. The van der Waals surface area contributed by atoms with Crippen molar-refractivity contribution < 1.29 is 9.13 Å². The van der Waals surface area contributed by atoms with E-state index in [1.807, 2.05) is 0 Å². The molecule has 0 aliphatic carbocycles. The number of benzene rings is 1. The Labute approximate surface area is 108 Å². The predicted molar refractivity (Wildman–Crippen MR) is 71.1 cm³/mol. The Bertz CT molecular complexity index is 433. The van der Waals surface area contributed by atoms with E-state index in [1.54, 1.807) is 6.07 Å². The Balaban J connectivity index is 2.19. The van der Waals surface area contributed by atoms with Crippen LogP contribution < -0.4 is 10.5 Å². The minimum absolute atomic E-state index is 0.137. The number of nitrogens with two attached hydrogens (primary N) is 1. The predicted octanol–water partition coefficient (Wildman–Crippen LogP) is 3.80. The number of rotatable bonds is 3. The van der Waals surface area contributed by atoms with Gasteiger partial charge in [0.2, 0.25) is 0 Å². The molecule has 1 unspecified atom stereocenters. The van der Waals surface area contributed by atoms with E-state index in [2.05, 4.69) is 20.8 Å². The molecule has 2 N–H and O–H groups in total. The van der Waals surface area contributed by atoms with E-state index in [0.29, 0.717) is 5.92 Å². The third kappa shape index (κ3) is 2.83. The van der Waals surface area contributed by atoms with Gasteiger partial charge in [0.05, 0.1) is 0 Å². The summed E-state index contributed by atoms with van der Waals surface area (Å²) in [4.78, 5) is 0. The summed E-state index contributed by atoms with van der Waals surface area (Å²) in [6.45, 7) is 6.51. The van der Waals surface area contributed by atoms with E-state index in [9.17, 15) is 4.39 Å². The second-order valence-electron chi connectivity index (χ2n) is 5.98. The molecule has 2 nitrogen and oxygen atoms in total. The van der Waals surface area contributed by atoms with Crippen molar-refractivity contribution in [2.24, 2.45) is 11.7 Å². The van der Waals surface area contributed by atoms with Crippen LogP contribution in [0.3, 0.4) is 0 Å². The Hall–Kier alpha value is -1.09. The zero-order valence-electron chi connectivity index (χ0n) is 11.4. The van der Waals surface area contributed by atoms with E-state index in [4.69, 9.17) is 10.5 Å². The van der Waals surface area contributed by atoms with Gasteiger partial charge in [-0.05, 0) is 43.9 Å². The maximum Gasteiger partial charge on any atom is 0.125 e. The smallest absolute Gasteiger partial charge is 0.125 e. The molecule has 0 fully saturated rings. The van der Waals surface area contributed by atoms with Crippen LogP contribution in [0.15, 0.2) is 18.2 Å². The Kier molecular flexibility index (Phi) is 3.62. The van der Waals surface area contributed by atoms with Crippen LogP contribution in [-0.4, -0.2) is 5.60 Å². The molecule has 0 saturated carbocycles. The van der Waals surface area contributed by atoms with E-state index in [0.717, 1.165) is 30.6 Å². The molecule has 1 aromatic rings. The fourth-order valence-electron chi connectivity index (χ4n) is 2.53. The van der Waals surface area contributed by atoms with Crippen molar-refractivity contribution in [3.63, 3.8) is 0 Å². The Morgan fingerprint density at radius 2 is 2.22 bits per heavy atom. The van der Waals surface area contributed by atoms with Gasteiger partial charge in [-0.25, -0.2) is 4.39 Å². The first kappa shape index (κ1) is 13.3. The van der Waals surface area contributed by atoms with E-state index < -0.39 is 0 Å². The topological polar surface area (TPSA) is 35.2 Å². The van der Waals surface area contributed by atoms with E-state index >= 15 is 0 Å². The summed E-state index contributed by atoms with van der Waals surface area (Å²) in [6.07, 6.45) is 2.84. The molecule has 0 spiro atoms. The highest BCUT2D eigenvalue weighted by Gasteiger charge is 2.35. The molecule has 2 atom stereocenters. The second-order valence-corrected chi connectivity index (χ2v) is 5.98. The quantitative estimate of drug-likeness (QED) is 0.886. The number of ether oxygens (including phenoxy) is 1. The van der Waals surface area contributed by atoms with Gasteiger partial charge in [0.1, 0.15) is 17.2 Å². The van der Waals surface area contributed by atoms with Gasteiger partial charge in [0.25, 0.3) is 0 Å². The van der Waals surface area contributed by atoms with Gasteiger partial charge in [0, 0.05) is 18.0 Å². The number of hydrogen-bond donors (Lipinski definition) is 1. The summed E-state index contributed by atoms with van der Waals surface area (Å²) in [7, 11) is 0. The first-order chi connectivity index (χ1) is 8.39. The molecule has 100 valence electrons. The highest BCUT2D eigenvalue weighted by molar-refractivity contribution is 5.39. The largest absolute Gasteiger partial charge is 0.487 e. The van der Waals surface area contributed by atoms with Crippen molar-refractivity contribution in [1.29, 1.82) is 0 Å². The molecule has 2 rings (SSSR count). The lowest BCUT2D eigenvalue weighted by Gasteiger charge is -2.39. The van der Waals surface area contributed by atoms with Crippen molar-refractivity contribution in [2.45, 2.75) is 51.7 Å². The van der Waals surface area contributed by atoms with Crippen molar-refractivity contribution >= 4 is 0 Å². The Morgan fingerprint density at radius 1 is 1.50 bits per heavy atom. The summed E-state index contributed by atoms with van der Waals surface area (Å²) in [5.74, 6) is 1.14. The summed E-state index contributed by atoms with van der Waals surface area (Å²) in [5, 5.41) is 0. The summed E-state index contributed by atoms with van der Waals surface area (Å²) >= 11 is 0. The third-order valence-corrected chi connectivity index (χ3v) is 3.63. The van der Waals surface area contributed by atoms with Gasteiger partial charge in [-0.2, -0.15) is 0 Å². The van der Waals surface area contributed by atoms with Crippen molar-refractivity contribution in [3.05, 3.63) is 29.6 Å². The van der Waals surface area contributed by atoms with Crippen molar-refractivity contribution in [1.82, 2.24) is 0 Å². The van der Waals surface area contributed by atoms with Crippen LogP contribution in [0.1, 0.15) is 51.6 Å². The summed E-state index contributed by atoms with van der Waals surface area (Å²) in [6, 6.07) is 4.47. The van der Waals surface area contributed by atoms with Gasteiger partial charge < -0.3 is 10.5 Å². The van der Waals surface area contributed by atoms with E-state index in [1.165, 1.54) is 12.1 Å². The monoisotopic (exact) mass is 251 g/mol. The first-order valence-electron chi connectivity index (χ1n) is 6.64. The van der Waals surface area contributed by atoms with Gasteiger partial charge in [-0.15, -0.1) is 0 Å². The van der Waals surface area contributed by atoms with Gasteiger partial charge in [0.15, 0.2) is 0 Å². The van der Waals surface area contributed by atoms with Crippen molar-refractivity contribution in [3.8, 4) is 5.75 Å². The molecule has 0 bridgehead atoms. The third-order valence-electron chi connectivity index (χ3n) is 3.63. The average Bonchev–Trinajstić information content (AvgIpc) is 2.28. The Morgan fingerprint density at radius 3 is 2.89 bits per heavy atom. The molecule has 1 aromatic carbocycles. The maximum absolute atomic E-state index is 13.2. The van der Waals surface area contributed by atoms with Gasteiger partial charge in [-0.1, -0.05) is 13.8 Å². The van der Waals surface area contributed by atoms with Crippen LogP contribution >= 0.6 is 0 Å². The number of hydrogen-bond acceptors (Lipinski definition) is 2. The lowest BCUT2D eigenvalue weighted by Crippen LogP contribution is -2.40. The zero-order valence-corrected chi connectivity index (χ0v) is 11.4. The zero-order chi connectivity index (χ0) is 13.3. The lowest BCUT2D eigenvalue weighted by molar-refractivity contribution is 0.0403. The number of halogens is 1. The molecule has 0 radical (unpaired) electrons. The fraction of sp³-hybridized carbons (Fsp3) is 0.600. The van der Waals surface area contributed by atoms with Crippen molar-refractivity contribution in [2.75, 3.05) is 0 Å². The molecule has 18 heavy (non-hydrogen) atoms.